The van der Waals surface area contributed by atoms with Crippen LogP contribution in [-0.2, 0) is 13.0 Å². The minimum absolute atomic E-state index is 0.235. The second kappa shape index (κ2) is 8.31. The van der Waals surface area contributed by atoms with Crippen LogP contribution in [-0.4, -0.2) is 32.7 Å². The summed E-state index contributed by atoms with van der Waals surface area (Å²) in [5.41, 5.74) is 2.27. The van der Waals surface area contributed by atoms with E-state index in [1.54, 1.807) is 14.2 Å². The third kappa shape index (κ3) is 4.94. The van der Waals surface area contributed by atoms with Crippen molar-refractivity contribution in [1.82, 2.24) is 4.90 Å². The molecule has 0 radical (unpaired) electrons. The van der Waals surface area contributed by atoms with Crippen molar-refractivity contribution in [1.29, 1.82) is 0 Å². The van der Waals surface area contributed by atoms with Gasteiger partial charge in [0.2, 0.25) is 0 Å². The fraction of sp³-hybridized carbons (Fsp3) is 0.333. The smallest absolute Gasteiger partial charge is 0.160 e. The number of hydrogen-bond donors (Lipinski definition) is 0. The fourth-order valence-corrected chi connectivity index (χ4v) is 2.81. The van der Waals surface area contributed by atoms with Gasteiger partial charge in [-0.25, -0.2) is 4.39 Å². The Morgan fingerprint density at radius 3 is 2.35 bits per heavy atom. The highest BCUT2D eigenvalue weighted by Gasteiger charge is 2.07. The van der Waals surface area contributed by atoms with Gasteiger partial charge in [-0.1, -0.05) is 12.1 Å². The van der Waals surface area contributed by atoms with Gasteiger partial charge < -0.3 is 14.4 Å². The van der Waals surface area contributed by atoms with Gasteiger partial charge >= 0.3 is 0 Å². The quantitative estimate of drug-likeness (QED) is 0.714. The summed E-state index contributed by atoms with van der Waals surface area (Å²) in [7, 11) is 5.32. The summed E-state index contributed by atoms with van der Waals surface area (Å²) in [6.07, 6.45) is 0.902. The van der Waals surface area contributed by atoms with E-state index in [0.717, 1.165) is 36.6 Å². The highest BCUT2D eigenvalue weighted by molar-refractivity contribution is 9.10. The number of likely N-dealkylation sites (N-methyl/N-ethyl adjacent to an activating group) is 1. The summed E-state index contributed by atoms with van der Waals surface area (Å²) in [5.74, 6) is 1.25. The van der Waals surface area contributed by atoms with Crippen molar-refractivity contribution in [3.05, 3.63) is 57.8 Å². The molecule has 0 saturated heterocycles. The van der Waals surface area contributed by atoms with Crippen molar-refractivity contribution in [2.24, 2.45) is 0 Å². The fourth-order valence-electron chi connectivity index (χ4n) is 2.38. The van der Waals surface area contributed by atoms with E-state index in [9.17, 15) is 4.39 Å². The van der Waals surface area contributed by atoms with Crippen LogP contribution in [0.15, 0.2) is 40.9 Å². The van der Waals surface area contributed by atoms with Crippen LogP contribution in [0.25, 0.3) is 0 Å². The predicted molar refractivity (Wildman–Crippen MR) is 93.7 cm³/mol. The number of halogens is 2. The van der Waals surface area contributed by atoms with Crippen molar-refractivity contribution < 1.29 is 13.9 Å². The molecule has 0 saturated carbocycles. The number of benzene rings is 2. The van der Waals surface area contributed by atoms with E-state index >= 15 is 0 Å². The minimum Gasteiger partial charge on any atom is -0.493 e. The van der Waals surface area contributed by atoms with Gasteiger partial charge in [0, 0.05) is 13.1 Å². The second-order valence-electron chi connectivity index (χ2n) is 5.43. The standard InChI is InChI=1S/C18H21BrFNO2/c1-21(12-14-4-6-16(20)15(19)10-14)9-8-13-5-7-17(22-2)18(11-13)23-3/h4-7,10-11H,8-9,12H2,1-3H3. The minimum atomic E-state index is -0.235. The first-order chi connectivity index (χ1) is 11.0. The van der Waals surface area contributed by atoms with E-state index < -0.39 is 0 Å². The first kappa shape index (κ1) is 17.8. The molecule has 2 aromatic rings. The van der Waals surface area contributed by atoms with Crippen molar-refractivity contribution >= 4 is 15.9 Å². The molecule has 0 spiro atoms. The van der Waals surface area contributed by atoms with Crippen LogP contribution >= 0.6 is 15.9 Å². The lowest BCUT2D eigenvalue weighted by molar-refractivity contribution is 0.329. The molecule has 2 aromatic carbocycles. The molecule has 0 aliphatic carbocycles. The Bertz CT molecular complexity index is 663. The van der Waals surface area contributed by atoms with E-state index in [1.807, 2.05) is 30.3 Å². The Hall–Kier alpha value is -1.59. The van der Waals surface area contributed by atoms with Gasteiger partial charge in [0.1, 0.15) is 5.82 Å². The van der Waals surface area contributed by atoms with E-state index in [1.165, 1.54) is 11.6 Å². The normalized spacial score (nSPS) is 10.9. The van der Waals surface area contributed by atoms with Crippen LogP contribution in [0.5, 0.6) is 11.5 Å². The van der Waals surface area contributed by atoms with Gasteiger partial charge in [-0.2, -0.15) is 0 Å². The number of nitrogens with zero attached hydrogens (tertiary/aromatic N) is 1. The summed E-state index contributed by atoms with van der Waals surface area (Å²) in [4.78, 5) is 2.20. The zero-order valence-electron chi connectivity index (χ0n) is 13.6. The Morgan fingerprint density at radius 1 is 1.00 bits per heavy atom. The van der Waals surface area contributed by atoms with E-state index in [4.69, 9.17) is 9.47 Å². The lowest BCUT2D eigenvalue weighted by atomic mass is 10.1. The molecule has 124 valence electrons. The Kier molecular flexibility index (Phi) is 6.42. The maximum absolute atomic E-state index is 13.3. The van der Waals surface area contributed by atoms with Crippen LogP contribution < -0.4 is 9.47 Å². The van der Waals surface area contributed by atoms with Crippen LogP contribution in [0.3, 0.4) is 0 Å². The van der Waals surface area contributed by atoms with E-state index in [0.29, 0.717) is 4.47 Å². The zero-order valence-corrected chi connectivity index (χ0v) is 15.2. The molecule has 3 nitrogen and oxygen atoms in total. The van der Waals surface area contributed by atoms with Crippen LogP contribution in [0.1, 0.15) is 11.1 Å². The Labute approximate surface area is 145 Å². The number of rotatable bonds is 7. The summed E-state index contributed by atoms with van der Waals surface area (Å²) in [6.45, 7) is 1.66. The van der Waals surface area contributed by atoms with Gasteiger partial charge in [-0.15, -0.1) is 0 Å². The molecule has 0 unspecified atom stereocenters. The molecule has 0 heterocycles. The Balaban J connectivity index is 1.93. The highest BCUT2D eigenvalue weighted by atomic mass is 79.9. The molecular weight excluding hydrogens is 361 g/mol. The first-order valence-electron chi connectivity index (χ1n) is 7.37. The molecule has 0 amide bonds. The molecule has 0 aliphatic rings. The first-order valence-corrected chi connectivity index (χ1v) is 8.16. The monoisotopic (exact) mass is 381 g/mol. The summed E-state index contributed by atoms with van der Waals surface area (Å²) >= 11 is 3.22. The summed E-state index contributed by atoms with van der Waals surface area (Å²) in [5, 5.41) is 0. The zero-order chi connectivity index (χ0) is 16.8. The molecule has 0 aliphatic heterocycles. The number of methoxy groups -OCH3 is 2. The molecule has 0 atom stereocenters. The van der Waals surface area contributed by atoms with Crippen LogP contribution in [0, 0.1) is 5.82 Å². The molecule has 0 fully saturated rings. The van der Waals surface area contributed by atoms with Gasteiger partial charge in [0.15, 0.2) is 11.5 Å². The molecule has 0 aromatic heterocycles. The number of ether oxygens (including phenoxy) is 2. The third-order valence-electron chi connectivity index (χ3n) is 3.67. The average molecular weight is 382 g/mol. The van der Waals surface area contributed by atoms with Crippen molar-refractivity contribution in [2.75, 3.05) is 27.8 Å². The lowest BCUT2D eigenvalue weighted by Crippen LogP contribution is -2.20. The number of hydrogen-bond acceptors (Lipinski definition) is 3. The molecule has 2 rings (SSSR count). The maximum Gasteiger partial charge on any atom is 0.160 e. The van der Waals surface area contributed by atoms with Gasteiger partial charge in [-0.05, 0) is 64.8 Å². The van der Waals surface area contributed by atoms with Crippen LogP contribution in [0.2, 0.25) is 0 Å². The largest absolute Gasteiger partial charge is 0.493 e. The van der Waals surface area contributed by atoms with Crippen molar-refractivity contribution in [3.63, 3.8) is 0 Å². The predicted octanol–water partition coefficient (Wildman–Crippen LogP) is 4.28. The lowest BCUT2D eigenvalue weighted by Gasteiger charge is -2.17. The highest BCUT2D eigenvalue weighted by Crippen LogP contribution is 2.27. The Morgan fingerprint density at radius 2 is 1.70 bits per heavy atom. The van der Waals surface area contributed by atoms with Gasteiger partial charge in [0.05, 0.1) is 18.7 Å². The third-order valence-corrected chi connectivity index (χ3v) is 4.27. The van der Waals surface area contributed by atoms with Crippen LogP contribution in [0.4, 0.5) is 4.39 Å². The molecule has 0 bridgehead atoms. The average Bonchev–Trinajstić information content (AvgIpc) is 2.56. The summed E-state index contributed by atoms with van der Waals surface area (Å²) < 4.78 is 24.3. The van der Waals surface area contributed by atoms with Gasteiger partial charge in [-0.3, -0.25) is 0 Å². The molecule has 23 heavy (non-hydrogen) atoms. The molecular formula is C18H21BrFNO2. The topological polar surface area (TPSA) is 21.7 Å². The second-order valence-corrected chi connectivity index (χ2v) is 6.28. The van der Waals surface area contributed by atoms with E-state index in [-0.39, 0.29) is 5.82 Å². The maximum atomic E-state index is 13.3. The summed E-state index contributed by atoms with van der Waals surface area (Å²) in [6, 6.07) is 11.1. The molecule has 0 N–H and O–H groups in total. The van der Waals surface area contributed by atoms with Crippen molar-refractivity contribution in [2.45, 2.75) is 13.0 Å². The molecule has 5 heteroatoms. The van der Waals surface area contributed by atoms with Crippen molar-refractivity contribution in [3.8, 4) is 11.5 Å². The SMILES string of the molecule is COc1ccc(CCN(C)Cc2ccc(F)c(Br)c2)cc1OC. The van der Waals surface area contributed by atoms with E-state index in [2.05, 4.69) is 27.9 Å². The van der Waals surface area contributed by atoms with Gasteiger partial charge in [0.25, 0.3) is 0 Å².